The van der Waals surface area contributed by atoms with Crippen LogP contribution in [0.1, 0.15) is 48.0 Å². The van der Waals surface area contributed by atoms with E-state index in [4.69, 9.17) is 4.74 Å². The van der Waals surface area contributed by atoms with Gasteiger partial charge in [-0.05, 0) is 53.9 Å². The fourth-order valence-corrected chi connectivity index (χ4v) is 4.37. The van der Waals surface area contributed by atoms with E-state index in [9.17, 15) is 13.2 Å². The highest BCUT2D eigenvalue weighted by molar-refractivity contribution is 14.0. The molecule has 1 fully saturated rings. The van der Waals surface area contributed by atoms with Gasteiger partial charge in [-0.1, -0.05) is 0 Å². The molecular weight excluding hydrogens is 483 g/mol. The number of halogens is 1. The van der Waals surface area contributed by atoms with E-state index < -0.39 is 27.1 Å². The zero-order valence-corrected chi connectivity index (χ0v) is 20.4. The Morgan fingerprint density at radius 3 is 2.30 bits per heavy atom. The lowest BCUT2D eigenvalue weighted by Gasteiger charge is -2.27. The number of rotatable bonds is 6. The van der Waals surface area contributed by atoms with E-state index in [1.54, 1.807) is 0 Å². The first-order valence-electron chi connectivity index (χ1n) is 9.06. The third-order valence-corrected chi connectivity index (χ3v) is 5.54. The van der Waals surface area contributed by atoms with Crippen LogP contribution in [0.15, 0.2) is 4.99 Å². The van der Waals surface area contributed by atoms with Crippen LogP contribution in [0.25, 0.3) is 0 Å². The van der Waals surface area contributed by atoms with Gasteiger partial charge in [0.05, 0.1) is 23.6 Å². The number of aliphatic imine (C=N–C) groups is 1. The van der Waals surface area contributed by atoms with Crippen molar-refractivity contribution in [3.05, 3.63) is 0 Å². The van der Waals surface area contributed by atoms with Crippen molar-refractivity contribution in [1.82, 2.24) is 16.0 Å². The molecule has 0 spiro atoms. The minimum Gasteiger partial charge on any atom is -0.444 e. The number of nitrogens with zero attached hydrogens (tertiary/aromatic N) is 1. The van der Waals surface area contributed by atoms with Gasteiger partial charge >= 0.3 is 6.09 Å². The molecule has 1 unspecified atom stereocenters. The number of hydrogen-bond acceptors (Lipinski definition) is 5. The smallest absolute Gasteiger partial charge is 0.408 e. The Morgan fingerprint density at radius 1 is 1.19 bits per heavy atom. The highest BCUT2D eigenvalue weighted by atomic mass is 127. The fourth-order valence-electron chi connectivity index (χ4n) is 2.51. The van der Waals surface area contributed by atoms with Crippen molar-refractivity contribution < 1.29 is 17.9 Å². The predicted octanol–water partition coefficient (Wildman–Crippen LogP) is 1.90. The minimum absolute atomic E-state index is 0. The molecule has 1 aliphatic rings. The number of alkyl carbamates (subject to hydrolysis) is 1. The van der Waals surface area contributed by atoms with Gasteiger partial charge in [0.1, 0.15) is 5.60 Å². The molecule has 1 aliphatic heterocycles. The van der Waals surface area contributed by atoms with Crippen LogP contribution in [0.4, 0.5) is 4.79 Å². The summed E-state index contributed by atoms with van der Waals surface area (Å²) in [5.74, 6) is 1.21. The molecule has 1 saturated heterocycles. The Hall–Kier alpha value is -0.780. The summed E-state index contributed by atoms with van der Waals surface area (Å²) in [5, 5.41) is 9.15. The van der Waals surface area contributed by atoms with E-state index in [0.29, 0.717) is 32.0 Å². The van der Waals surface area contributed by atoms with E-state index in [1.165, 1.54) is 0 Å². The lowest BCUT2D eigenvalue weighted by atomic mass is 10.1. The molecular formula is C17H35IN4O4S. The molecule has 27 heavy (non-hydrogen) atoms. The number of amides is 1. The van der Waals surface area contributed by atoms with Crippen LogP contribution in [0.5, 0.6) is 0 Å². The summed E-state index contributed by atoms with van der Waals surface area (Å²) >= 11 is 0. The van der Waals surface area contributed by atoms with Crippen molar-refractivity contribution in [2.45, 2.75) is 59.1 Å². The van der Waals surface area contributed by atoms with Crippen LogP contribution in [0.2, 0.25) is 0 Å². The van der Waals surface area contributed by atoms with E-state index in [-0.39, 0.29) is 41.4 Å². The molecule has 1 amide bonds. The van der Waals surface area contributed by atoms with E-state index >= 15 is 0 Å². The van der Waals surface area contributed by atoms with Gasteiger partial charge in [-0.2, -0.15) is 0 Å². The van der Waals surface area contributed by atoms with Gasteiger partial charge in [0.2, 0.25) is 0 Å². The quantitative estimate of drug-likeness (QED) is 0.282. The average molecular weight is 518 g/mol. The molecule has 0 aromatic rings. The van der Waals surface area contributed by atoms with Crippen molar-refractivity contribution in [1.29, 1.82) is 0 Å². The summed E-state index contributed by atoms with van der Waals surface area (Å²) in [6.45, 7) is 12.7. The van der Waals surface area contributed by atoms with Gasteiger partial charge < -0.3 is 20.7 Å². The van der Waals surface area contributed by atoms with Crippen LogP contribution in [-0.4, -0.2) is 62.8 Å². The standard InChI is InChI=1S/C17H34N4O4S.HI/c1-7-18-14(19-10-13-8-9-26(23,24)11-13)20-12-17(5,6)21-15(22)25-16(2,3)4;/h13H,7-12H2,1-6H3,(H,21,22)(H2,18,19,20);1H. The van der Waals surface area contributed by atoms with Crippen molar-refractivity contribution in [3.8, 4) is 0 Å². The summed E-state index contributed by atoms with van der Waals surface area (Å²) in [7, 11) is -2.88. The van der Waals surface area contributed by atoms with Crippen molar-refractivity contribution in [2.75, 3.05) is 31.1 Å². The maximum absolute atomic E-state index is 11.9. The number of sulfone groups is 1. The fraction of sp³-hybridized carbons (Fsp3) is 0.882. The monoisotopic (exact) mass is 518 g/mol. The van der Waals surface area contributed by atoms with Crippen molar-refractivity contribution in [3.63, 3.8) is 0 Å². The number of carbonyl (C=O) groups excluding carboxylic acids is 1. The second kappa shape index (κ2) is 10.7. The molecule has 1 atom stereocenters. The van der Waals surface area contributed by atoms with Crippen LogP contribution in [-0.2, 0) is 14.6 Å². The summed E-state index contributed by atoms with van der Waals surface area (Å²) < 4.78 is 28.4. The first kappa shape index (κ1) is 26.2. The van der Waals surface area contributed by atoms with Gasteiger partial charge in [-0.15, -0.1) is 24.0 Å². The van der Waals surface area contributed by atoms with Gasteiger partial charge in [-0.25, -0.2) is 13.2 Å². The maximum Gasteiger partial charge on any atom is 0.408 e. The Morgan fingerprint density at radius 2 is 1.81 bits per heavy atom. The number of guanidine groups is 1. The molecule has 0 bridgehead atoms. The molecule has 0 radical (unpaired) electrons. The largest absolute Gasteiger partial charge is 0.444 e. The molecule has 1 heterocycles. The van der Waals surface area contributed by atoms with Crippen molar-refractivity contribution in [2.24, 2.45) is 10.9 Å². The molecule has 10 heteroatoms. The lowest BCUT2D eigenvalue weighted by molar-refractivity contribution is 0.0476. The van der Waals surface area contributed by atoms with Crippen LogP contribution >= 0.6 is 24.0 Å². The Kier molecular flexibility index (Phi) is 10.4. The first-order chi connectivity index (χ1) is 11.8. The summed E-state index contributed by atoms with van der Waals surface area (Å²) in [6, 6.07) is 0. The SMILES string of the molecule is CCNC(=NCC(C)(C)NC(=O)OC(C)(C)C)NCC1CCS(=O)(=O)C1.I. The zero-order valence-electron chi connectivity index (χ0n) is 17.2. The minimum atomic E-state index is -2.88. The van der Waals surface area contributed by atoms with Crippen LogP contribution in [0, 0.1) is 5.92 Å². The van der Waals surface area contributed by atoms with Gasteiger partial charge in [0.15, 0.2) is 15.8 Å². The maximum atomic E-state index is 11.9. The second-order valence-corrected chi connectivity index (χ2v) is 10.6. The summed E-state index contributed by atoms with van der Waals surface area (Å²) in [4.78, 5) is 16.4. The Balaban J connectivity index is 0.00000676. The summed E-state index contributed by atoms with van der Waals surface area (Å²) in [5.41, 5.74) is -1.14. The number of ether oxygens (including phenoxy) is 1. The summed E-state index contributed by atoms with van der Waals surface area (Å²) in [6.07, 6.45) is 0.201. The first-order valence-corrected chi connectivity index (χ1v) is 10.9. The molecule has 0 aromatic heterocycles. The second-order valence-electron chi connectivity index (χ2n) is 8.36. The lowest BCUT2D eigenvalue weighted by Crippen LogP contribution is -2.49. The average Bonchev–Trinajstić information content (AvgIpc) is 2.78. The molecule has 160 valence electrons. The zero-order chi connectivity index (χ0) is 20.0. The van der Waals surface area contributed by atoms with Gasteiger partial charge in [0, 0.05) is 13.1 Å². The third kappa shape index (κ3) is 11.6. The number of carbonyl (C=O) groups is 1. The Labute approximate surface area is 180 Å². The molecule has 8 nitrogen and oxygen atoms in total. The van der Waals surface area contributed by atoms with Gasteiger partial charge in [-0.3, -0.25) is 4.99 Å². The molecule has 0 aromatic carbocycles. The molecule has 1 rings (SSSR count). The van der Waals surface area contributed by atoms with Gasteiger partial charge in [0.25, 0.3) is 0 Å². The van der Waals surface area contributed by atoms with E-state index in [1.807, 2.05) is 41.5 Å². The van der Waals surface area contributed by atoms with E-state index in [2.05, 4.69) is 20.9 Å². The van der Waals surface area contributed by atoms with Crippen molar-refractivity contribution >= 4 is 45.9 Å². The van der Waals surface area contributed by atoms with Crippen LogP contribution < -0.4 is 16.0 Å². The normalized spacial score (nSPS) is 19.8. The molecule has 3 N–H and O–H groups in total. The highest BCUT2D eigenvalue weighted by Crippen LogP contribution is 2.17. The molecule has 0 saturated carbocycles. The topological polar surface area (TPSA) is 109 Å². The highest BCUT2D eigenvalue weighted by Gasteiger charge is 2.28. The van der Waals surface area contributed by atoms with Crippen LogP contribution in [0.3, 0.4) is 0 Å². The third-order valence-electron chi connectivity index (χ3n) is 3.70. The Bertz CT molecular complexity index is 615. The molecule has 0 aliphatic carbocycles. The number of nitrogens with one attached hydrogen (secondary N) is 3. The predicted molar refractivity (Wildman–Crippen MR) is 120 cm³/mol. The van der Waals surface area contributed by atoms with E-state index in [0.717, 1.165) is 0 Å². The number of hydrogen-bond donors (Lipinski definition) is 3.